The lowest BCUT2D eigenvalue weighted by molar-refractivity contribution is -0.137. The summed E-state index contributed by atoms with van der Waals surface area (Å²) in [6, 6.07) is 16.8. The maximum absolute atomic E-state index is 12.9. The third kappa shape index (κ3) is 4.41. The molecule has 4 aromatic rings. The molecule has 0 bridgehead atoms. The first kappa shape index (κ1) is 20.2. The van der Waals surface area contributed by atoms with Gasteiger partial charge in [0.1, 0.15) is 0 Å². The van der Waals surface area contributed by atoms with Crippen molar-refractivity contribution in [3.8, 4) is 0 Å². The van der Waals surface area contributed by atoms with Gasteiger partial charge in [0, 0.05) is 34.4 Å². The molecule has 2 N–H and O–H groups in total. The van der Waals surface area contributed by atoms with Crippen LogP contribution >= 0.6 is 11.3 Å². The van der Waals surface area contributed by atoms with E-state index in [2.05, 4.69) is 10.3 Å². The standard InChI is InChI=1S/C23H19F3N2OS/c24-23(25,26)16-6-3-5-15(11-16)12-22(29)28-14-19(21-9-4-10-30-21)18-13-27-20-8-2-1-7-17(18)20/h1-11,13,19,27H,12,14H2,(H,28,29)/t19-/m0/s1. The number of thiophene rings is 1. The number of halogens is 3. The summed E-state index contributed by atoms with van der Waals surface area (Å²) in [5, 5.41) is 5.98. The zero-order valence-electron chi connectivity index (χ0n) is 15.9. The van der Waals surface area contributed by atoms with Crippen molar-refractivity contribution in [3.05, 3.63) is 93.8 Å². The first-order chi connectivity index (χ1) is 14.4. The van der Waals surface area contributed by atoms with E-state index in [1.165, 1.54) is 12.1 Å². The van der Waals surface area contributed by atoms with E-state index >= 15 is 0 Å². The second kappa shape index (κ2) is 8.36. The molecule has 2 heterocycles. The van der Waals surface area contributed by atoms with Crippen LogP contribution in [-0.2, 0) is 17.4 Å². The summed E-state index contributed by atoms with van der Waals surface area (Å²) in [4.78, 5) is 16.9. The number of para-hydroxylation sites is 1. The van der Waals surface area contributed by atoms with Crippen molar-refractivity contribution < 1.29 is 18.0 Å². The van der Waals surface area contributed by atoms with E-state index in [0.29, 0.717) is 12.1 Å². The zero-order valence-corrected chi connectivity index (χ0v) is 16.7. The van der Waals surface area contributed by atoms with E-state index in [1.54, 1.807) is 11.3 Å². The number of hydrogen-bond donors (Lipinski definition) is 2. The van der Waals surface area contributed by atoms with Gasteiger partial charge in [-0.3, -0.25) is 4.79 Å². The topological polar surface area (TPSA) is 44.9 Å². The molecule has 154 valence electrons. The highest BCUT2D eigenvalue weighted by Gasteiger charge is 2.30. The number of aromatic amines is 1. The van der Waals surface area contributed by atoms with Crippen molar-refractivity contribution in [1.82, 2.24) is 10.3 Å². The molecule has 30 heavy (non-hydrogen) atoms. The molecule has 1 atom stereocenters. The fourth-order valence-electron chi connectivity index (χ4n) is 3.56. The van der Waals surface area contributed by atoms with Crippen LogP contribution < -0.4 is 5.32 Å². The Kier molecular flexibility index (Phi) is 5.63. The van der Waals surface area contributed by atoms with Gasteiger partial charge < -0.3 is 10.3 Å². The van der Waals surface area contributed by atoms with E-state index in [4.69, 9.17) is 0 Å². The molecule has 0 radical (unpaired) electrons. The van der Waals surface area contributed by atoms with E-state index in [-0.39, 0.29) is 18.2 Å². The Labute approximate surface area is 175 Å². The van der Waals surface area contributed by atoms with Crippen LogP contribution in [0.15, 0.2) is 72.2 Å². The van der Waals surface area contributed by atoms with Crippen LogP contribution in [0.1, 0.15) is 27.5 Å². The number of aromatic nitrogens is 1. The summed E-state index contributed by atoms with van der Waals surface area (Å²) in [6.45, 7) is 0.361. The normalized spacial score (nSPS) is 12.8. The Hall–Kier alpha value is -3.06. The quantitative estimate of drug-likeness (QED) is 0.404. The first-order valence-electron chi connectivity index (χ1n) is 9.44. The number of nitrogens with one attached hydrogen (secondary N) is 2. The second-order valence-electron chi connectivity index (χ2n) is 7.04. The van der Waals surface area contributed by atoms with Gasteiger partial charge in [0.2, 0.25) is 5.91 Å². The van der Waals surface area contributed by atoms with Crippen LogP contribution in [0.5, 0.6) is 0 Å². The summed E-state index contributed by atoms with van der Waals surface area (Å²) >= 11 is 1.61. The highest BCUT2D eigenvalue weighted by molar-refractivity contribution is 7.10. The number of hydrogen-bond acceptors (Lipinski definition) is 2. The highest BCUT2D eigenvalue weighted by Crippen LogP contribution is 2.33. The maximum Gasteiger partial charge on any atom is 0.416 e. The minimum atomic E-state index is -4.42. The summed E-state index contributed by atoms with van der Waals surface area (Å²) in [7, 11) is 0. The average Bonchev–Trinajstić information content (AvgIpc) is 3.39. The number of alkyl halides is 3. The number of rotatable bonds is 6. The minimum absolute atomic E-state index is 0.0494. The van der Waals surface area contributed by atoms with Crippen molar-refractivity contribution in [3.63, 3.8) is 0 Å². The molecule has 0 fully saturated rings. The molecule has 0 saturated heterocycles. The molecule has 4 rings (SSSR count). The molecule has 0 aliphatic carbocycles. The molecule has 2 aromatic heterocycles. The Morgan fingerprint density at radius 3 is 2.67 bits per heavy atom. The molecule has 0 saturated carbocycles. The zero-order chi connectivity index (χ0) is 21.1. The molecular weight excluding hydrogens is 409 g/mol. The fraction of sp³-hybridized carbons (Fsp3) is 0.174. The molecule has 2 aromatic carbocycles. The van der Waals surface area contributed by atoms with Crippen LogP contribution in [0.3, 0.4) is 0 Å². The van der Waals surface area contributed by atoms with Gasteiger partial charge in [-0.25, -0.2) is 0 Å². The summed E-state index contributed by atoms with van der Waals surface area (Å²) in [5.41, 5.74) is 1.68. The lowest BCUT2D eigenvalue weighted by atomic mass is 9.96. The maximum atomic E-state index is 12.9. The van der Waals surface area contributed by atoms with Gasteiger partial charge in [0.05, 0.1) is 12.0 Å². The summed E-state index contributed by atoms with van der Waals surface area (Å²) < 4.78 is 38.7. The van der Waals surface area contributed by atoms with Gasteiger partial charge in [-0.1, -0.05) is 42.5 Å². The van der Waals surface area contributed by atoms with Gasteiger partial charge >= 0.3 is 6.18 Å². The van der Waals surface area contributed by atoms with Crippen molar-refractivity contribution in [2.24, 2.45) is 0 Å². The monoisotopic (exact) mass is 428 g/mol. The number of H-pyrrole nitrogens is 1. The fourth-order valence-corrected chi connectivity index (χ4v) is 4.40. The van der Waals surface area contributed by atoms with Gasteiger partial charge in [0.25, 0.3) is 0 Å². The number of benzene rings is 2. The Morgan fingerprint density at radius 1 is 1.07 bits per heavy atom. The third-order valence-electron chi connectivity index (χ3n) is 5.01. The van der Waals surface area contributed by atoms with Crippen molar-refractivity contribution in [2.45, 2.75) is 18.5 Å². The van der Waals surface area contributed by atoms with Crippen molar-refractivity contribution in [2.75, 3.05) is 6.54 Å². The van der Waals surface area contributed by atoms with Crippen LogP contribution in [0, 0.1) is 0 Å². The highest BCUT2D eigenvalue weighted by atomic mass is 32.1. The van der Waals surface area contributed by atoms with Crippen LogP contribution in [0.4, 0.5) is 13.2 Å². The molecule has 3 nitrogen and oxygen atoms in total. The molecule has 0 unspecified atom stereocenters. The Bertz CT molecular complexity index is 1150. The van der Waals surface area contributed by atoms with Crippen LogP contribution in [0.2, 0.25) is 0 Å². The number of carbonyl (C=O) groups excluding carboxylic acids is 1. The lowest BCUT2D eigenvalue weighted by Gasteiger charge is -2.16. The average molecular weight is 428 g/mol. The van der Waals surface area contributed by atoms with Crippen LogP contribution in [0.25, 0.3) is 10.9 Å². The Balaban J connectivity index is 1.50. The minimum Gasteiger partial charge on any atom is -0.361 e. The van der Waals surface area contributed by atoms with E-state index in [1.807, 2.05) is 48.0 Å². The summed E-state index contributed by atoms with van der Waals surface area (Å²) in [6.07, 6.45) is -2.57. The van der Waals surface area contributed by atoms with Gasteiger partial charge in [-0.15, -0.1) is 11.3 Å². The lowest BCUT2D eigenvalue weighted by Crippen LogP contribution is -2.30. The Morgan fingerprint density at radius 2 is 1.90 bits per heavy atom. The predicted molar refractivity (Wildman–Crippen MR) is 113 cm³/mol. The van der Waals surface area contributed by atoms with E-state index in [0.717, 1.165) is 33.5 Å². The molecule has 0 aliphatic heterocycles. The summed E-state index contributed by atoms with van der Waals surface area (Å²) in [5.74, 6) is -0.359. The van der Waals surface area contributed by atoms with Crippen molar-refractivity contribution >= 4 is 28.1 Å². The molecule has 0 aliphatic rings. The molecular formula is C23H19F3N2OS. The molecule has 7 heteroatoms. The number of carbonyl (C=O) groups is 1. The van der Waals surface area contributed by atoms with E-state index < -0.39 is 11.7 Å². The predicted octanol–water partition coefficient (Wildman–Crippen LogP) is 5.74. The van der Waals surface area contributed by atoms with Gasteiger partial charge in [0.15, 0.2) is 0 Å². The SMILES string of the molecule is O=C(Cc1cccc(C(F)(F)F)c1)NC[C@H](c1cccs1)c1c[nH]c2ccccc12. The smallest absolute Gasteiger partial charge is 0.361 e. The van der Waals surface area contributed by atoms with Crippen LogP contribution in [-0.4, -0.2) is 17.4 Å². The van der Waals surface area contributed by atoms with E-state index in [9.17, 15) is 18.0 Å². The van der Waals surface area contributed by atoms with Gasteiger partial charge in [-0.2, -0.15) is 13.2 Å². The molecule has 1 amide bonds. The third-order valence-corrected chi connectivity index (χ3v) is 5.99. The van der Waals surface area contributed by atoms with Crippen molar-refractivity contribution in [1.29, 1.82) is 0 Å². The number of amides is 1. The molecule has 0 spiro atoms. The largest absolute Gasteiger partial charge is 0.416 e. The first-order valence-corrected chi connectivity index (χ1v) is 10.3. The van der Waals surface area contributed by atoms with Gasteiger partial charge in [-0.05, 0) is 34.7 Å². The number of fused-ring (bicyclic) bond motifs is 1. The second-order valence-corrected chi connectivity index (χ2v) is 8.02.